The highest BCUT2D eigenvalue weighted by molar-refractivity contribution is 7.49. The average Bonchev–Trinajstić information content (AvgIpc) is 2.65. The van der Waals surface area contributed by atoms with E-state index in [1.165, 1.54) is 14.2 Å². The molecule has 25 heavy (non-hydrogen) atoms. The molecule has 0 heterocycles. The summed E-state index contributed by atoms with van der Waals surface area (Å²) in [6, 6.07) is 12.7. The van der Waals surface area contributed by atoms with Crippen molar-refractivity contribution < 1.29 is 24.1 Å². The van der Waals surface area contributed by atoms with Crippen LogP contribution in [0.25, 0.3) is 0 Å². The molecule has 0 aliphatic rings. The SMILES string of the molecule is CCOCCOc1ccc(P=C([O-])c2c(OC)cccc2OC)cc1. The van der Waals surface area contributed by atoms with E-state index in [0.29, 0.717) is 45.1 Å². The van der Waals surface area contributed by atoms with Crippen molar-refractivity contribution in [3.8, 4) is 17.2 Å². The van der Waals surface area contributed by atoms with Crippen LogP contribution in [-0.4, -0.2) is 39.5 Å². The summed E-state index contributed by atoms with van der Waals surface area (Å²) in [6.45, 7) is 3.68. The lowest BCUT2D eigenvalue weighted by Gasteiger charge is -2.19. The quantitative estimate of drug-likeness (QED) is 0.506. The van der Waals surface area contributed by atoms with Crippen LogP contribution in [0.4, 0.5) is 0 Å². The van der Waals surface area contributed by atoms with Crippen molar-refractivity contribution in [1.29, 1.82) is 0 Å². The Morgan fingerprint density at radius 3 is 2.16 bits per heavy atom. The second-order valence-electron chi connectivity index (χ2n) is 4.99. The first kappa shape index (κ1) is 19.3. The Hall–Kier alpha value is -2.07. The van der Waals surface area contributed by atoms with Crippen LogP contribution < -0.4 is 24.6 Å². The molecule has 2 rings (SSSR count). The summed E-state index contributed by atoms with van der Waals surface area (Å²) in [5, 5.41) is 13.6. The first-order chi connectivity index (χ1) is 12.2. The van der Waals surface area contributed by atoms with Gasteiger partial charge < -0.3 is 24.1 Å². The maximum Gasteiger partial charge on any atom is 0.129 e. The fourth-order valence-electron chi connectivity index (χ4n) is 2.21. The highest BCUT2D eigenvalue weighted by Gasteiger charge is 2.08. The van der Waals surface area contributed by atoms with E-state index in [9.17, 15) is 5.11 Å². The van der Waals surface area contributed by atoms with Gasteiger partial charge in [0, 0.05) is 17.5 Å². The number of methoxy groups -OCH3 is 2. The second kappa shape index (κ2) is 10.0. The zero-order valence-corrected chi connectivity index (χ0v) is 15.5. The van der Waals surface area contributed by atoms with Crippen molar-refractivity contribution in [3.05, 3.63) is 48.0 Å². The third-order valence-electron chi connectivity index (χ3n) is 3.41. The van der Waals surface area contributed by atoms with Crippen LogP contribution in [0.5, 0.6) is 17.2 Å². The largest absolute Gasteiger partial charge is 0.823 e. The summed E-state index contributed by atoms with van der Waals surface area (Å²) < 4.78 is 21.4. The summed E-state index contributed by atoms with van der Waals surface area (Å²) in [6.07, 6.45) is 0. The van der Waals surface area contributed by atoms with Gasteiger partial charge in [-0.3, -0.25) is 0 Å². The smallest absolute Gasteiger partial charge is 0.129 e. The summed E-state index contributed by atoms with van der Waals surface area (Å²) in [7, 11) is 3.62. The molecule has 0 aliphatic carbocycles. The minimum atomic E-state index is -0.0840. The Morgan fingerprint density at radius 1 is 0.960 bits per heavy atom. The zero-order valence-electron chi connectivity index (χ0n) is 14.7. The molecule has 0 atom stereocenters. The van der Waals surface area contributed by atoms with Crippen LogP contribution in [-0.2, 0) is 4.74 Å². The van der Waals surface area contributed by atoms with Gasteiger partial charge in [-0.1, -0.05) is 19.8 Å². The van der Waals surface area contributed by atoms with E-state index in [-0.39, 0.29) is 5.48 Å². The van der Waals surface area contributed by atoms with E-state index in [0.717, 1.165) is 11.1 Å². The summed E-state index contributed by atoms with van der Waals surface area (Å²) >= 11 is 0. The van der Waals surface area contributed by atoms with E-state index in [1.54, 1.807) is 18.2 Å². The molecule has 0 aromatic heterocycles. The van der Waals surface area contributed by atoms with Gasteiger partial charge in [-0.15, -0.1) is 0 Å². The van der Waals surface area contributed by atoms with Gasteiger partial charge in [-0.2, -0.15) is 0 Å². The van der Waals surface area contributed by atoms with Gasteiger partial charge in [0.2, 0.25) is 0 Å². The summed E-state index contributed by atoms with van der Waals surface area (Å²) in [5.74, 6) is 1.77. The van der Waals surface area contributed by atoms with Crippen LogP contribution in [0.2, 0.25) is 0 Å². The molecule has 134 valence electrons. The number of benzene rings is 2. The maximum atomic E-state index is 12.7. The van der Waals surface area contributed by atoms with Crippen molar-refractivity contribution >= 4 is 19.0 Å². The lowest BCUT2D eigenvalue weighted by Crippen LogP contribution is -2.19. The van der Waals surface area contributed by atoms with Crippen molar-refractivity contribution in [2.75, 3.05) is 34.0 Å². The molecule has 0 fully saturated rings. The Kier molecular flexibility index (Phi) is 7.74. The molecule has 0 spiro atoms. The molecule has 0 unspecified atom stereocenters. The Morgan fingerprint density at radius 2 is 1.60 bits per heavy atom. The van der Waals surface area contributed by atoms with Crippen molar-refractivity contribution in [2.45, 2.75) is 6.92 Å². The van der Waals surface area contributed by atoms with Crippen molar-refractivity contribution in [3.63, 3.8) is 0 Å². The van der Waals surface area contributed by atoms with Gasteiger partial charge in [-0.05, 0) is 43.3 Å². The maximum absolute atomic E-state index is 12.7. The standard InChI is InChI=1S/C19H23O5P/c1-4-23-12-13-24-14-8-10-15(11-9-14)25-19(20)18-16(21-2)6-5-7-17(18)22-3/h5-11,20H,4,12-13H2,1-3H3/p-1. The number of hydrogen-bond acceptors (Lipinski definition) is 5. The molecule has 5 nitrogen and oxygen atoms in total. The molecular formula is C19H22O5P-. The van der Waals surface area contributed by atoms with E-state index in [4.69, 9.17) is 18.9 Å². The Bertz CT molecular complexity index is 675. The third-order valence-corrected chi connectivity index (χ3v) is 4.39. The van der Waals surface area contributed by atoms with Crippen molar-refractivity contribution in [2.24, 2.45) is 0 Å². The molecule has 0 N–H and O–H groups in total. The molecule has 0 amide bonds. The molecular weight excluding hydrogens is 339 g/mol. The van der Waals surface area contributed by atoms with Gasteiger partial charge in [-0.25, -0.2) is 0 Å². The Labute approximate surface area is 149 Å². The second-order valence-corrected chi connectivity index (χ2v) is 6.14. The van der Waals surface area contributed by atoms with E-state index >= 15 is 0 Å². The fraction of sp³-hybridized carbons (Fsp3) is 0.316. The molecule has 0 bridgehead atoms. The van der Waals surface area contributed by atoms with E-state index in [1.807, 2.05) is 31.2 Å². The average molecular weight is 361 g/mol. The number of hydrogen-bond donors (Lipinski definition) is 0. The fourth-order valence-corrected chi connectivity index (χ4v) is 3.08. The minimum absolute atomic E-state index is 0.0840. The Balaban J connectivity index is 2.15. The normalized spacial score (nSPS) is 11.3. The van der Waals surface area contributed by atoms with Crippen molar-refractivity contribution in [1.82, 2.24) is 0 Å². The van der Waals surface area contributed by atoms with Crippen LogP contribution >= 0.6 is 8.20 Å². The molecule has 0 aliphatic heterocycles. The third kappa shape index (κ3) is 5.46. The molecule has 0 saturated heterocycles. The van der Waals surface area contributed by atoms with E-state index < -0.39 is 0 Å². The summed E-state index contributed by atoms with van der Waals surface area (Å²) in [4.78, 5) is 0. The predicted octanol–water partition coefficient (Wildman–Crippen LogP) is 2.23. The molecule has 6 heteroatoms. The van der Waals surface area contributed by atoms with Crippen LogP contribution in [0.3, 0.4) is 0 Å². The predicted molar refractivity (Wildman–Crippen MR) is 98.6 cm³/mol. The van der Waals surface area contributed by atoms with Gasteiger partial charge in [0.1, 0.15) is 23.9 Å². The highest BCUT2D eigenvalue weighted by Crippen LogP contribution is 2.29. The van der Waals surface area contributed by atoms with Gasteiger partial charge in [0.25, 0.3) is 0 Å². The summed E-state index contributed by atoms with van der Waals surface area (Å²) in [5.41, 5.74) is 0.366. The zero-order chi connectivity index (χ0) is 18.1. The number of rotatable bonds is 9. The first-order valence-corrected chi connectivity index (χ1v) is 8.86. The van der Waals surface area contributed by atoms with Gasteiger partial charge in [0.05, 0.1) is 20.8 Å². The topological polar surface area (TPSA) is 60.0 Å². The van der Waals surface area contributed by atoms with Crippen LogP contribution in [0, 0.1) is 0 Å². The van der Waals surface area contributed by atoms with Gasteiger partial charge >= 0.3 is 0 Å². The molecule has 2 aromatic carbocycles. The van der Waals surface area contributed by atoms with E-state index in [2.05, 4.69) is 0 Å². The lowest BCUT2D eigenvalue weighted by molar-refractivity contribution is -0.207. The number of ether oxygens (including phenoxy) is 4. The highest BCUT2D eigenvalue weighted by atomic mass is 31.1. The van der Waals surface area contributed by atoms with Crippen LogP contribution in [0.1, 0.15) is 12.5 Å². The van der Waals surface area contributed by atoms with Gasteiger partial charge in [0.15, 0.2) is 0 Å². The molecule has 0 saturated carbocycles. The lowest BCUT2D eigenvalue weighted by atomic mass is 10.2. The monoisotopic (exact) mass is 361 g/mol. The molecule has 2 aromatic rings. The van der Waals surface area contributed by atoms with Crippen LogP contribution in [0.15, 0.2) is 42.5 Å². The first-order valence-electron chi connectivity index (χ1n) is 7.97. The molecule has 0 radical (unpaired) electrons. The minimum Gasteiger partial charge on any atom is -0.823 e.